The van der Waals surface area contributed by atoms with Gasteiger partial charge in [-0.15, -0.1) is 0 Å². The third-order valence-electron chi connectivity index (χ3n) is 7.06. The number of rotatable bonds is 9. The van der Waals surface area contributed by atoms with Gasteiger partial charge in [-0.1, -0.05) is 30.1 Å². The highest BCUT2D eigenvalue weighted by Crippen LogP contribution is 2.38. The van der Waals surface area contributed by atoms with Crippen molar-refractivity contribution in [2.75, 3.05) is 18.8 Å². The van der Waals surface area contributed by atoms with Gasteiger partial charge in [0.25, 0.3) is 11.8 Å². The molecule has 2 aromatic carbocycles. The quantitative estimate of drug-likeness (QED) is 0.342. The average molecular weight is 647 g/mol. The fourth-order valence-corrected chi connectivity index (χ4v) is 6.47. The number of halogens is 5. The summed E-state index contributed by atoms with van der Waals surface area (Å²) in [6.07, 6.45) is -0.557. The standard InChI is InChI=1S/C27H28Cl2F3N5O4S/c1-2-42(40,41)24-6-5-19(28)8-17(24)11-34-26(39)16-9-22(27(30,31)32)21(23(29)10-16)15-36-7-3-4-20(14-36)37-13-18(12-35-37)25(33)38/h5-6,8-10,12-13,20H,2-4,7,11,14-15H2,1H3,(H2,33,38)(H,34,39)/t20-/m0/s1. The van der Waals surface area contributed by atoms with Gasteiger partial charge < -0.3 is 11.1 Å². The molecule has 1 aromatic heterocycles. The number of alkyl halides is 3. The van der Waals surface area contributed by atoms with Gasteiger partial charge in [-0.3, -0.25) is 19.2 Å². The van der Waals surface area contributed by atoms with Crippen molar-refractivity contribution in [3.05, 3.63) is 80.6 Å². The molecule has 0 aliphatic carbocycles. The van der Waals surface area contributed by atoms with Gasteiger partial charge in [0.15, 0.2) is 9.84 Å². The van der Waals surface area contributed by atoms with Crippen LogP contribution < -0.4 is 11.1 Å². The number of primary amides is 1. The van der Waals surface area contributed by atoms with Gasteiger partial charge in [-0.05, 0) is 60.8 Å². The number of aromatic nitrogens is 2. The van der Waals surface area contributed by atoms with E-state index in [0.717, 1.165) is 12.1 Å². The summed E-state index contributed by atoms with van der Waals surface area (Å²) in [6.45, 7) is 1.93. The predicted octanol–water partition coefficient (Wildman–Crippen LogP) is 4.87. The lowest BCUT2D eigenvalue weighted by molar-refractivity contribution is -0.138. The number of nitrogens with one attached hydrogen (secondary N) is 1. The van der Waals surface area contributed by atoms with Crippen LogP contribution in [-0.4, -0.2) is 53.8 Å². The van der Waals surface area contributed by atoms with Gasteiger partial charge in [-0.2, -0.15) is 18.3 Å². The topological polar surface area (TPSA) is 127 Å². The summed E-state index contributed by atoms with van der Waals surface area (Å²) in [5.74, 6) is -1.68. The summed E-state index contributed by atoms with van der Waals surface area (Å²) in [5.41, 5.74) is 4.19. The van der Waals surface area contributed by atoms with E-state index in [-0.39, 0.29) is 62.1 Å². The van der Waals surface area contributed by atoms with E-state index in [1.54, 1.807) is 4.68 Å². The van der Waals surface area contributed by atoms with Crippen LogP contribution >= 0.6 is 23.2 Å². The zero-order chi connectivity index (χ0) is 30.8. The van der Waals surface area contributed by atoms with Gasteiger partial charge in [0.2, 0.25) is 0 Å². The Hall–Kier alpha value is -3.13. The number of nitrogens with zero attached hydrogens (tertiary/aromatic N) is 3. The number of sulfone groups is 1. The van der Waals surface area contributed by atoms with Crippen LogP contribution in [0.2, 0.25) is 10.0 Å². The van der Waals surface area contributed by atoms with Gasteiger partial charge in [0.05, 0.1) is 34.0 Å². The predicted molar refractivity (Wildman–Crippen MR) is 151 cm³/mol. The highest BCUT2D eigenvalue weighted by Gasteiger charge is 2.36. The van der Waals surface area contributed by atoms with E-state index in [2.05, 4.69) is 10.4 Å². The minimum absolute atomic E-state index is 0.0279. The van der Waals surface area contributed by atoms with Crippen molar-refractivity contribution in [3.8, 4) is 0 Å². The molecular formula is C27H28Cl2F3N5O4S. The van der Waals surface area contributed by atoms with Crippen LogP contribution in [-0.2, 0) is 29.1 Å². The molecule has 1 saturated heterocycles. The Labute approximate surface area is 250 Å². The van der Waals surface area contributed by atoms with E-state index in [1.807, 2.05) is 4.90 Å². The van der Waals surface area contributed by atoms with Crippen molar-refractivity contribution in [1.29, 1.82) is 0 Å². The number of likely N-dealkylation sites (tertiary alicyclic amines) is 1. The molecule has 0 bridgehead atoms. The summed E-state index contributed by atoms with van der Waals surface area (Å²) in [7, 11) is -3.65. The van der Waals surface area contributed by atoms with Crippen molar-refractivity contribution >= 4 is 44.9 Å². The second-order valence-corrected chi connectivity index (χ2v) is 13.0. The second-order valence-electron chi connectivity index (χ2n) is 9.92. The lowest BCUT2D eigenvalue weighted by Crippen LogP contribution is -2.37. The molecule has 3 N–H and O–H groups in total. The molecule has 2 heterocycles. The molecule has 0 radical (unpaired) electrons. The number of carbonyl (C=O) groups excluding carboxylic acids is 2. The summed E-state index contributed by atoms with van der Waals surface area (Å²) in [5, 5.41) is 6.66. The van der Waals surface area contributed by atoms with Crippen molar-refractivity contribution in [1.82, 2.24) is 20.0 Å². The lowest BCUT2D eigenvalue weighted by atomic mass is 10.00. The maximum absolute atomic E-state index is 14.2. The number of hydrogen-bond acceptors (Lipinski definition) is 6. The van der Waals surface area contributed by atoms with Crippen LogP contribution in [0, 0.1) is 0 Å². The Balaban J connectivity index is 1.55. The Morgan fingerprint density at radius 2 is 1.90 bits per heavy atom. The molecule has 2 amide bonds. The molecule has 226 valence electrons. The van der Waals surface area contributed by atoms with E-state index in [9.17, 15) is 31.2 Å². The van der Waals surface area contributed by atoms with E-state index in [4.69, 9.17) is 28.9 Å². The van der Waals surface area contributed by atoms with E-state index >= 15 is 0 Å². The van der Waals surface area contributed by atoms with Crippen molar-refractivity contribution in [3.63, 3.8) is 0 Å². The minimum atomic E-state index is -4.81. The van der Waals surface area contributed by atoms with Gasteiger partial charge in [-0.25, -0.2) is 8.42 Å². The zero-order valence-electron chi connectivity index (χ0n) is 22.4. The van der Waals surface area contributed by atoms with Gasteiger partial charge >= 0.3 is 6.18 Å². The first-order valence-corrected chi connectivity index (χ1v) is 15.4. The SMILES string of the molecule is CCS(=O)(=O)c1ccc(Cl)cc1CNC(=O)c1cc(Cl)c(CN2CCC[C@H](n3cc(C(N)=O)cn3)C2)c(C(F)(F)F)c1. The number of piperidine rings is 1. The smallest absolute Gasteiger partial charge is 0.366 e. The van der Waals surface area contributed by atoms with Gasteiger partial charge in [0.1, 0.15) is 0 Å². The van der Waals surface area contributed by atoms with E-state index < -0.39 is 33.4 Å². The molecular weight excluding hydrogens is 618 g/mol. The Kier molecular flexibility index (Phi) is 9.55. The molecule has 1 aliphatic heterocycles. The summed E-state index contributed by atoms with van der Waals surface area (Å²) in [6, 6.07) is 5.83. The first kappa shape index (κ1) is 31.8. The largest absolute Gasteiger partial charge is 0.416 e. The minimum Gasteiger partial charge on any atom is -0.366 e. The lowest BCUT2D eigenvalue weighted by Gasteiger charge is -2.33. The third kappa shape index (κ3) is 7.25. The van der Waals surface area contributed by atoms with Crippen LogP contribution in [0.5, 0.6) is 0 Å². The molecule has 9 nitrogen and oxygen atoms in total. The van der Waals surface area contributed by atoms with Crippen LogP contribution in [0.15, 0.2) is 47.6 Å². The van der Waals surface area contributed by atoms with Crippen molar-refractivity contribution in [2.24, 2.45) is 5.73 Å². The molecule has 15 heteroatoms. The Morgan fingerprint density at radius 3 is 2.55 bits per heavy atom. The van der Waals surface area contributed by atoms with E-state index in [1.165, 1.54) is 37.5 Å². The summed E-state index contributed by atoms with van der Waals surface area (Å²) < 4.78 is 69.1. The fraction of sp³-hybridized carbons (Fsp3) is 0.370. The maximum atomic E-state index is 14.2. The molecule has 0 spiro atoms. The van der Waals surface area contributed by atoms with Crippen LogP contribution in [0.25, 0.3) is 0 Å². The number of benzene rings is 2. The third-order valence-corrected chi connectivity index (χ3v) is 9.46. The highest BCUT2D eigenvalue weighted by molar-refractivity contribution is 7.91. The first-order chi connectivity index (χ1) is 19.7. The average Bonchev–Trinajstić information content (AvgIpc) is 3.43. The maximum Gasteiger partial charge on any atom is 0.416 e. The van der Waals surface area contributed by atoms with E-state index in [0.29, 0.717) is 25.9 Å². The number of nitrogens with two attached hydrogens (primary N) is 1. The number of hydrogen-bond donors (Lipinski definition) is 2. The number of amides is 2. The van der Waals surface area contributed by atoms with Crippen LogP contribution in [0.1, 0.15) is 63.2 Å². The molecule has 0 saturated carbocycles. The summed E-state index contributed by atoms with van der Waals surface area (Å²) in [4.78, 5) is 26.1. The summed E-state index contributed by atoms with van der Waals surface area (Å²) >= 11 is 12.4. The molecule has 42 heavy (non-hydrogen) atoms. The van der Waals surface area contributed by atoms with Crippen LogP contribution in [0.4, 0.5) is 13.2 Å². The fourth-order valence-electron chi connectivity index (χ4n) is 4.88. The highest BCUT2D eigenvalue weighted by atomic mass is 35.5. The molecule has 4 rings (SSSR count). The second kappa shape index (κ2) is 12.6. The van der Waals surface area contributed by atoms with Crippen molar-refractivity contribution < 1.29 is 31.2 Å². The zero-order valence-corrected chi connectivity index (χ0v) is 24.7. The van der Waals surface area contributed by atoms with Gasteiger partial charge in [0, 0.05) is 41.4 Å². The van der Waals surface area contributed by atoms with Crippen LogP contribution in [0.3, 0.4) is 0 Å². The van der Waals surface area contributed by atoms with Crippen molar-refractivity contribution in [2.45, 2.75) is 50.0 Å². The molecule has 3 aromatic rings. The number of carbonyl (C=O) groups is 2. The molecule has 1 fully saturated rings. The Morgan fingerprint density at radius 1 is 1.17 bits per heavy atom. The first-order valence-electron chi connectivity index (χ1n) is 12.9. The normalized spacial score (nSPS) is 16.4. The Bertz CT molecular complexity index is 1610. The molecule has 1 aliphatic rings. The molecule has 1 atom stereocenters. The molecule has 0 unspecified atom stereocenters. The monoisotopic (exact) mass is 645 g/mol.